The second-order valence-electron chi connectivity index (χ2n) is 5.76. The van der Waals surface area contributed by atoms with Gasteiger partial charge in [0, 0.05) is 10.9 Å². The molecule has 0 aliphatic carbocycles. The van der Waals surface area contributed by atoms with Crippen LogP contribution in [0.4, 0.5) is 5.13 Å². The molecule has 4 rings (SSSR count). The zero-order chi connectivity index (χ0) is 17.8. The fourth-order valence-corrected chi connectivity index (χ4v) is 3.29. The first kappa shape index (κ1) is 16.3. The van der Waals surface area contributed by atoms with Crippen LogP contribution in [0.2, 0.25) is 0 Å². The predicted molar refractivity (Wildman–Crippen MR) is 105 cm³/mol. The van der Waals surface area contributed by atoms with Gasteiger partial charge in [0.15, 0.2) is 5.13 Å². The van der Waals surface area contributed by atoms with Gasteiger partial charge in [0.25, 0.3) is 5.91 Å². The van der Waals surface area contributed by atoms with E-state index >= 15 is 0 Å². The third kappa shape index (κ3) is 3.73. The summed E-state index contributed by atoms with van der Waals surface area (Å²) in [5, 5.41) is 7.59. The van der Waals surface area contributed by atoms with Crippen molar-refractivity contribution in [3.63, 3.8) is 0 Å². The van der Waals surface area contributed by atoms with Crippen molar-refractivity contribution in [3.05, 3.63) is 89.4 Å². The number of aromatic nitrogens is 1. The van der Waals surface area contributed by atoms with E-state index in [1.807, 2.05) is 53.9 Å². The van der Waals surface area contributed by atoms with Crippen LogP contribution in [-0.2, 0) is 6.61 Å². The number of ether oxygens (including phenoxy) is 1. The highest BCUT2D eigenvalue weighted by Crippen LogP contribution is 2.22. The summed E-state index contributed by atoms with van der Waals surface area (Å²) >= 11 is 1.39. The van der Waals surface area contributed by atoms with Gasteiger partial charge in [-0.25, -0.2) is 4.98 Å². The summed E-state index contributed by atoms with van der Waals surface area (Å²) in [6.07, 6.45) is 0. The number of fused-ring (bicyclic) bond motifs is 1. The van der Waals surface area contributed by atoms with E-state index in [2.05, 4.69) is 22.4 Å². The molecule has 1 aromatic heterocycles. The normalized spacial score (nSPS) is 10.6. The molecule has 1 heterocycles. The molecule has 4 aromatic rings. The molecule has 0 fully saturated rings. The number of nitrogens with one attached hydrogen (secondary N) is 1. The summed E-state index contributed by atoms with van der Waals surface area (Å²) in [6.45, 7) is 0.357. The Morgan fingerprint density at radius 2 is 1.73 bits per heavy atom. The second-order valence-corrected chi connectivity index (χ2v) is 6.62. The molecule has 0 atom stereocenters. The van der Waals surface area contributed by atoms with Crippen LogP contribution in [-0.4, -0.2) is 10.9 Å². The Labute approximate surface area is 155 Å². The van der Waals surface area contributed by atoms with Gasteiger partial charge in [-0.2, -0.15) is 0 Å². The Balaban J connectivity index is 1.39. The summed E-state index contributed by atoms with van der Waals surface area (Å²) in [4.78, 5) is 16.6. The van der Waals surface area contributed by atoms with Gasteiger partial charge in [-0.3, -0.25) is 10.1 Å². The van der Waals surface area contributed by atoms with Crippen LogP contribution in [0.1, 0.15) is 16.1 Å². The van der Waals surface area contributed by atoms with Crippen molar-refractivity contribution in [3.8, 4) is 5.75 Å². The van der Waals surface area contributed by atoms with Gasteiger partial charge in [-0.05, 0) is 35.0 Å². The lowest BCUT2D eigenvalue weighted by molar-refractivity contribution is 0.102. The average Bonchev–Trinajstić information content (AvgIpc) is 3.14. The molecule has 1 N–H and O–H groups in total. The lowest BCUT2D eigenvalue weighted by atomic mass is 10.1. The van der Waals surface area contributed by atoms with Crippen molar-refractivity contribution in [2.45, 2.75) is 6.61 Å². The second kappa shape index (κ2) is 7.37. The van der Waals surface area contributed by atoms with Crippen molar-refractivity contribution in [2.24, 2.45) is 0 Å². The molecule has 0 saturated heterocycles. The number of thiazole rings is 1. The molecule has 0 saturated carbocycles. The molecule has 5 heteroatoms. The lowest BCUT2D eigenvalue weighted by Gasteiger charge is -2.06. The van der Waals surface area contributed by atoms with E-state index in [1.165, 1.54) is 16.7 Å². The fourth-order valence-electron chi connectivity index (χ4n) is 2.60. The van der Waals surface area contributed by atoms with Crippen molar-refractivity contribution in [2.75, 3.05) is 5.32 Å². The summed E-state index contributed by atoms with van der Waals surface area (Å²) in [5.74, 6) is 0.633. The van der Waals surface area contributed by atoms with Gasteiger partial charge in [0.2, 0.25) is 0 Å². The molecule has 0 spiro atoms. The molecule has 4 nitrogen and oxygen atoms in total. The fraction of sp³-hybridized carbons (Fsp3) is 0.0476. The molecule has 0 bridgehead atoms. The van der Waals surface area contributed by atoms with Gasteiger partial charge in [0.05, 0.1) is 5.69 Å². The summed E-state index contributed by atoms with van der Waals surface area (Å²) in [5.41, 5.74) is 1.39. The van der Waals surface area contributed by atoms with Crippen molar-refractivity contribution in [1.29, 1.82) is 0 Å². The van der Waals surface area contributed by atoms with Crippen molar-refractivity contribution >= 4 is 33.1 Å². The van der Waals surface area contributed by atoms with Gasteiger partial charge < -0.3 is 4.74 Å². The van der Waals surface area contributed by atoms with Gasteiger partial charge in [0.1, 0.15) is 12.4 Å². The van der Waals surface area contributed by atoms with E-state index in [0.29, 0.717) is 17.3 Å². The SMILES string of the molecule is O=C(Nc1nc(COc2ccc3ccccc3c2)cs1)c1ccccc1. The molecule has 26 heavy (non-hydrogen) atoms. The Bertz CT molecular complexity index is 1040. The van der Waals surface area contributed by atoms with E-state index in [1.54, 1.807) is 12.1 Å². The number of hydrogen-bond acceptors (Lipinski definition) is 4. The summed E-state index contributed by atoms with van der Waals surface area (Å²) < 4.78 is 5.83. The highest BCUT2D eigenvalue weighted by atomic mass is 32.1. The van der Waals surface area contributed by atoms with Crippen LogP contribution in [0.3, 0.4) is 0 Å². The first-order chi connectivity index (χ1) is 12.8. The van der Waals surface area contributed by atoms with Crippen LogP contribution in [0.25, 0.3) is 10.8 Å². The molecular formula is C21H16N2O2S. The first-order valence-corrected chi connectivity index (χ1v) is 9.08. The third-order valence-electron chi connectivity index (χ3n) is 3.92. The van der Waals surface area contributed by atoms with Crippen LogP contribution < -0.4 is 10.1 Å². The number of carbonyl (C=O) groups excluding carboxylic acids is 1. The quantitative estimate of drug-likeness (QED) is 0.537. The number of nitrogens with zero attached hydrogens (tertiary/aromatic N) is 1. The molecule has 3 aromatic carbocycles. The van der Waals surface area contributed by atoms with Crippen molar-refractivity contribution in [1.82, 2.24) is 4.98 Å². The number of hydrogen-bond donors (Lipinski definition) is 1. The van der Waals surface area contributed by atoms with Gasteiger partial charge in [-0.15, -0.1) is 11.3 Å². The topological polar surface area (TPSA) is 51.2 Å². The van der Waals surface area contributed by atoms with E-state index in [9.17, 15) is 4.79 Å². The minimum atomic E-state index is -0.165. The van der Waals surface area contributed by atoms with Crippen molar-refractivity contribution < 1.29 is 9.53 Å². The summed E-state index contributed by atoms with van der Waals surface area (Å²) in [6, 6.07) is 23.2. The molecule has 0 aliphatic rings. The zero-order valence-electron chi connectivity index (χ0n) is 13.9. The highest BCUT2D eigenvalue weighted by Gasteiger charge is 2.09. The Hall–Kier alpha value is -3.18. The third-order valence-corrected chi connectivity index (χ3v) is 4.72. The number of rotatable bonds is 5. The van der Waals surface area contributed by atoms with E-state index in [4.69, 9.17) is 4.74 Å². The maximum atomic E-state index is 12.2. The first-order valence-electron chi connectivity index (χ1n) is 8.20. The van der Waals surface area contributed by atoms with Crippen LogP contribution in [0.5, 0.6) is 5.75 Å². The van der Waals surface area contributed by atoms with E-state index < -0.39 is 0 Å². The predicted octanol–water partition coefficient (Wildman–Crippen LogP) is 5.13. The van der Waals surface area contributed by atoms with Crippen LogP contribution >= 0.6 is 11.3 Å². The zero-order valence-corrected chi connectivity index (χ0v) is 14.7. The minimum absolute atomic E-state index is 0.165. The molecule has 0 unspecified atom stereocenters. The number of benzene rings is 3. The smallest absolute Gasteiger partial charge is 0.257 e. The highest BCUT2D eigenvalue weighted by molar-refractivity contribution is 7.13. The lowest BCUT2D eigenvalue weighted by Crippen LogP contribution is -2.11. The number of amides is 1. The Morgan fingerprint density at radius 3 is 2.58 bits per heavy atom. The van der Waals surface area contributed by atoms with Crippen LogP contribution in [0.15, 0.2) is 78.2 Å². The van der Waals surface area contributed by atoms with Gasteiger partial charge in [-0.1, -0.05) is 48.5 Å². The van der Waals surface area contributed by atoms with E-state index in [-0.39, 0.29) is 5.91 Å². The monoisotopic (exact) mass is 360 g/mol. The number of anilines is 1. The maximum absolute atomic E-state index is 12.2. The summed E-state index contributed by atoms with van der Waals surface area (Å²) in [7, 11) is 0. The molecule has 1 amide bonds. The standard InChI is InChI=1S/C21H16N2O2S/c24-20(16-7-2-1-3-8-16)23-21-22-18(14-26-21)13-25-19-11-10-15-6-4-5-9-17(15)12-19/h1-12,14H,13H2,(H,22,23,24). The Kier molecular flexibility index (Phi) is 4.62. The molecule has 0 radical (unpaired) electrons. The molecule has 128 valence electrons. The van der Waals surface area contributed by atoms with Crippen LogP contribution in [0, 0.1) is 0 Å². The molecule has 0 aliphatic heterocycles. The minimum Gasteiger partial charge on any atom is -0.487 e. The maximum Gasteiger partial charge on any atom is 0.257 e. The molecular weight excluding hydrogens is 344 g/mol. The number of carbonyl (C=O) groups is 1. The largest absolute Gasteiger partial charge is 0.487 e. The van der Waals surface area contributed by atoms with Gasteiger partial charge >= 0.3 is 0 Å². The average molecular weight is 360 g/mol. The van der Waals surface area contributed by atoms with E-state index in [0.717, 1.165) is 16.8 Å². The Morgan fingerprint density at radius 1 is 0.962 bits per heavy atom.